The van der Waals surface area contributed by atoms with Gasteiger partial charge in [-0.3, -0.25) is 14.2 Å². The predicted octanol–water partition coefficient (Wildman–Crippen LogP) is 4.36. The van der Waals surface area contributed by atoms with E-state index in [-0.39, 0.29) is 11.5 Å². The number of para-hydroxylation sites is 1. The third-order valence-electron chi connectivity index (χ3n) is 3.89. The summed E-state index contributed by atoms with van der Waals surface area (Å²) in [5.41, 5.74) is 1.06. The smallest absolute Gasteiger partial charge is 0.262 e. The van der Waals surface area contributed by atoms with E-state index in [1.54, 1.807) is 31.2 Å². The van der Waals surface area contributed by atoms with Gasteiger partial charge in [-0.15, -0.1) is 6.58 Å². The van der Waals surface area contributed by atoms with Crippen molar-refractivity contribution in [1.29, 1.82) is 0 Å². The van der Waals surface area contributed by atoms with Crippen LogP contribution in [0.1, 0.15) is 6.92 Å². The number of carbonyl (C=O) groups excluding carboxylic acids is 1. The second kappa shape index (κ2) is 8.41. The van der Waals surface area contributed by atoms with Crippen LogP contribution < -0.4 is 10.9 Å². The van der Waals surface area contributed by atoms with Crippen LogP contribution in [0.15, 0.2) is 71.1 Å². The van der Waals surface area contributed by atoms with E-state index in [1.165, 1.54) is 16.3 Å². The van der Waals surface area contributed by atoms with Crippen molar-refractivity contribution < 1.29 is 4.79 Å². The van der Waals surface area contributed by atoms with Crippen molar-refractivity contribution in [2.75, 3.05) is 5.32 Å². The Morgan fingerprint density at radius 2 is 2.07 bits per heavy atom. The number of halogens is 1. The second-order valence-electron chi connectivity index (χ2n) is 5.88. The lowest BCUT2D eigenvalue weighted by molar-refractivity contribution is -0.115. The fourth-order valence-corrected chi connectivity index (χ4v) is 3.62. The maximum absolute atomic E-state index is 12.8. The molecule has 7 heteroatoms. The number of rotatable bonds is 6. The molecule has 0 radical (unpaired) electrons. The molecule has 0 spiro atoms. The van der Waals surface area contributed by atoms with Crippen molar-refractivity contribution in [2.24, 2.45) is 0 Å². The van der Waals surface area contributed by atoms with E-state index >= 15 is 0 Å². The van der Waals surface area contributed by atoms with Crippen molar-refractivity contribution in [1.82, 2.24) is 9.55 Å². The van der Waals surface area contributed by atoms with Crippen LogP contribution >= 0.6 is 23.4 Å². The molecule has 1 amide bonds. The number of nitrogens with zero attached hydrogens (tertiary/aromatic N) is 2. The SMILES string of the molecule is C=CCn1c(S[C@H](C)C(=O)Nc2ccccc2)nc2ccc(Cl)cc2c1=O. The molecule has 1 atom stereocenters. The molecule has 3 aromatic rings. The third kappa shape index (κ3) is 4.40. The van der Waals surface area contributed by atoms with Gasteiger partial charge in [0.2, 0.25) is 5.91 Å². The van der Waals surface area contributed by atoms with Gasteiger partial charge in [0.05, 0.1) is 16.2 Å². The highest BCUT2D eigenvalue weighted by Gasteiger charge is 2.19. The lowest BCUT2D eigenvalue weighted by Crippen LogP contribution is -2.26. The van der Waals surface area contributed by atoms with E-state index in [1.807, 2.05) is 30.3 Å². The molecule has 0 unspecified atom stereocenters. The molecule has 0 aliphatic heterocycles. The minimum absolute atomic E-state index is 0.165. The number of fused-ring (bicyclic) bond motifs is 1. The number of allylic oxidation sites excluding steroid dienone is 1. The van der Waals surface area contributed by atoms with E-state index in [4.69, 9.17) is 11.6 Å². The van der Waals surface area contributed by atoms with Gasteiger partial charge in [0.15, 0.2) is 5.16 Å². The minimum atomic E-state index is -0.446. The fraction of sp³-hybridized carbons (Fsp3) is 0.150. The zero-order valence-corrected chi connectivity index (χ0v) is 16.3. The van der Waals surface area contributed by atoms with Crippen molar-refractivity contribution in [3.05, 3.63) is 76.6 Å². The maximum Gasteiger partial charge on any atom is 0.262 e. The highest BCUT2D eigenvalue weighted by molar-refractivity contribution is 8.00. The minimum Gasteiger partial charge on any atom is -0.325 e. The fourth-order valence-electron chi connectivity index (χ4n) is 2.53. The van der Waals surface area contributed by atoms with Gasteiger partial charge in [-0.25, -0.2) is 4.98 Å². The molecule has 0 fully saturated rings. The molecule has 3 rings (SSSR count). The molecule has 138 valence electrons. The number of thioether (sulfide) groups is 1. The lowest BCUT2D eigenvalue weighted by Gasteiger charge is -2.15. The molecule has 1 aromatic heterocycles. The summed E-state index contributed by atoms with van der Waals surface area (Å²) in [6, 6.07) is 14.2. The Morgan fingerprint density at radius 1 is 1.33 bits per heavy atom. The molecule has 0 aliphatic rings. The van der Waals surface area contributed by atoms with Gasteiger partial charge >= 0.3 is 0 Å². The average Bonchev–Trinajstić information content (AvgIpc) is 2.66. The summed E-state index contributed by atoms with van der Waals surface area (Å²) in [5, 5.41) is 3.79. The molecule has 0 bridgehead atoms. The molecule has 0 saturated carbocycles. The second-order valence-corrected chi connectivity index (χ2v) is 7.62. The Bertz CT molecular complexity index is 1050. The topological polar surface area (TPSA) is 64.0 Å². The number of amides is 1. The van der Waals surface area contributed by atoms with Crippen LogP contribution in [0.3, 0.4) is 0 Å². The van der Waals surface area contributed by atoms with Crippen LogP contribution in [0.4, 0.5) is 5.69 Å². The van der Waals surface area contributed by atoms with Gasteiger partial charge < -0.3 is 5.32 Å². The monoisotopic (exact) mass is 399 g/mol. The van der Waals surface area contributed by atoms with E-state index in [0.29, 0.717) is 27.6 Å². The quantitative estimate of drug-likeness (QED) is 0.380. The Kier molecular flexibility index (Phi) is 5.98. The van der Waals surface area contributed by atoms with E-state index in [0.717, 1.165) is 5.69 Å². The summed E-state index contributed by atoms with van der Waals surface area (Å²) in [5.74, 6) is -0.165. The average molecular weight is 400 g/mol. The first-order chi connectivity index (χ1) is 13.0. The Labute approximate surface area is 166 Å². The van der Waals surface area contributed by atoms with Gasteiger partial charge in [0, 0.05) is 17.3 Å². The van der Waals surface area contributed by atoms with Gasteiger partial charge in [0.1, 0.15) is 0 Å². The zero-order chi connectivity index (χ0) is 19.4. The van der Waals surface area contributed by atoms with Gasteiger partial charge in [-0.05, 0) is 37.3 Å². The Balaban J connectivity index is 1.92. The highest BCUT2D eigenvalue weighted by atomic mass is 35.5. The first-order valence-electron chi connectivity index (χ1n) is 8.33. The number of aromatic nitrogens is 2. The summed E-state index contributed by atoms with van der Waals surface area (Å²) >= 11 is 7.24. The number of hydrogen-bond donors (Lipinski definition) is 1. The van der Waals surface area contributed by atoms with Crippen LogP contribution in [0.5, 0.6) is 0 Å². The number of nitrogens with one attached hydrogen (secondary N) is 1. The molecule has 27 heavy (non-hydrogen) atoms. The van der Waals surface area contributed by atoms with Crippen LogP contribution in [0.2, 0.25) is 5.02 Å². The molecule has 1 N–H and O–H groups in total. The standard InChI is InChI=1S/C20H18ClN3O2S/c1-3-11-24-19(26)16-12-14(21)9-10-17(16)23-20(24)27-13(2)18(25)22-15-7-5-4-6-8-15/h3-10,12-13H,1,11H2,2H3,(H,22,25)/t13-/m1/s1. The molecular weight excluding hydrogens is 382 g/mol. The Morgan fingerprint density at radius 3 is 2.78 bits per heavy atom. The van der Waals surface area contributed by atoms with Crippen LogP contribution in [0, 0.1) is 0 Å². The summed E-state index contributed by atoms with van der Waals surface area (Å²) < 4.78 is 1.50. The highest BCUT2D eigenvalue weighted by Crippen LogP contribution is 2.24. The largest absolute Gasteiger partial charge is 0.325 e. The van der Waals surface area contributed by atoms with E-state index in [2.05, 4.69) is 16.9 Å². The van der Waals surface area contributed by atoms with E-state index in [9.17, 15) is 9.59 Å². The summed E-state index contributed by atoms with van der Waals surface area (Å²) in [7, 11) is 0. The van der Waals surface area contributed by atoms with Crippen molar-refractivity contribution in [3.63, 3.8) is 0 Å². The lowest BCUT2D eigenvalue weighted by atomic mass is 10.2. The van der Waals surface area contributed by atoms with Gasteiger partial charge in [0.25, 0.3) is 5.56 Å². The van der Waals surface area contributed by atoms with Gasteiger partial charge in [-0.2, -0.15) is 0 Å². The van der Waals surface area contributed by atoms with Crippen molar-refractivity contribution in [3.8, 4) is 0 Å². The molecular formula is C20H18ClN3O2S. The Hall–Kier alpha value is -2.57. The molecule has 5 nitrogen and oxygen atoms in total. The number of anilines is 1. The summed E-state index contributed by atoms with van der Waals surface area (Å²) in [4.78, 5) is 29.9. The number of benzene rings is 2. The van der Waals surface area contributed by atoms with E-state index < -0.39 is 5.25 Å². The first kappa shape index (κ1) is 19.2. The van der Waals surface area contributed by atoms with Crippen LogP contribution in [-0.4, -0.2) is 20.7 Å². The first-order valence-corrected chi connectivity index (χ1v) is 9.59. The molecule has 0 saturated heterocycles. The molecule has 1 heterocycles. The van der Waals surface area contributed by atoms with Gasteiger partial charge in [-0.1, -0.05) is 47.6 Å². The molecule has 2 aromatic carbocycles. The normalized spacial score (nSPS) is 11.9. The number of hydrogen-bond acceptors (Lipinski definition) is 4. The summed E-state index contributed by atoms with van der Waals surface area (Å²) in [6.45, 7) is 5.78. The summed E-state index contributed by atoms with van der Waals surface area (Å²) in [6.07, 6.45) is 1.62. The van der Waals surface area contributed by atoms with Crippen molar-refractivity contribution >= 4 is 45.9 Å². The zero-order valence-electron chi connectivity index (χ0n) is 14.7. The third-order valence-corrected chi connectivity index (χ3v) is 5.21. The van der Waals surface area contributed by atoms with Crippen LogP contribution in [-0.2, 0) is 11.3 Å². The number of carbonyl (C=O) groups is 1. The van der Waals surface area contributed by atoms with Crippen molar-refractivity contribution in [2.45, 2.75) is 23.9 Å². The van der Waals surface area contributed by atoms with Crippen LogP contribution in [0.25, 0.3) is 10.9 Å². The molecule has 0 aliphatic carbocycles. The predicted molar refractivity (Wildman–Crippen MR) is 112 cm³/mol. The maximum atomic E-state index is 12.8.